The Morgan fingerprint density at radius 1 is 1.30 bits per heavy atom. The molecule has 0 saturated carbocycles. The summed E-state index contributed by atoms with van der Waals surface area (Å²) in [6, 6.07) is 7.00. The molecule has 1 aromatic carbocycles. The molecule has 7 heteroatoms. The first-order valence-electron chi connectivity index (χ1n) is 7.90. The normalized spacial score (nSPS) is 19.5. The maximum absolute atomic E-state index is 13.3. The molecule has 3 aromatic rings. The molecule has 0 amide bonds. The summed E-state index contributed by atoms with van der Waals surface area (Å²) >= 11 is 0. The minimum Gasteiger partial charge on any atom is -0.295 e. The van der Waals surface area contributed by atoms with Crippen LogP contribution < -0.4 is 0 Å². The molecule has 4 rings (SSSR count). The van der Waals surface area contributed by atoms with Gasteiger partial charge in [0.05, 0.1) is 17.3 Å². The Bertz CT molecular complexity index is 823. The van der Waals surface area contributed by atoms with Gasteiger partial charge in [0.1, 0.15) is 11.3 Å². The summed E-state index contributed by atoms with van der Waals surface area (Å²) in [4.78, 5) is 2.42. The second kappa shape index (κ2) is 5.73. The topological polar surface area (TPSA) is 51.8 Å². The minimum atomic E-state index is -0.272. The van der Waals surface area contributed by atoms with Crippen LogP contribution in [0.4, 0.5) is 4.39 Å². The number of fused-ring (bicyclic) bond motifs is 1. The Morgan fingerprint density at radius 3 is 3.04 bits per heavy atom. The van der Waals surface area contributed by atoms with Crippen molar-refractivity contribution in [2.45, 2.75) is 25.4 Å². The van der Waals surface area contributed by atoms with E-state index in [9.17, 15) is 4.39 Å². The predicted molar refractivity (Wildman–Crippen MR) is 84.2 cm³/mol. The molecule has 6 nitrogen and oxygen atoms in total. The van der Waals surface area contributed by atoms with Gasteiger partial charge in [-0.25, -0.2) is 9.07 Å². The van der Waals surface area contributed by atoms with E-state index in [1.54, 1.807) is 6.07 Å². The second-order valence-electron chi connectivity index (χ2n) is 6.14. The number of nitrogens with zero attached hydrogens (tertiary/aromatic N) is 6. The molecule has 0 spiro atoms. The summed E-state index contributed by atoms with van der Waals surface area (Å²) in [6.07, 6.45) is 4.01. The molecular weight excluding hydrogens is 295 g/mol. The molecule has 3 heterocycles. The molecule has 1 atom stereocenters. The van der Waals surface area contributed by atoms with Gasteiger partial charge in [-0.3, -0.25) is 9.58 Å². The zero-order valence-corrected chi connectivity index (χ0v) is 13.1. The minimum absolute atomic E-state index is 0.271. The highest BCUT2D eigenvalue weighted by Crippen LogP contribution is 2.25. The highest BCUT2D eigenvalue weighted by atomic mass is 19.1. The quantitative estimate of drug-likeness (QED) is 0.743. The first-order valence-corrected chi connectivity index (χ1v) is 7.90. The Labute approximate surface area is 133 Å². The molecule has 0 radical (unpaired) electrons. The summed E-state index contributed by atoms with van der Waals surface area (Å²) < 4.78 is 17.2. The fourth-order valence-corrected chi connectivity index (χ4v) is 3.34. The van der Waals surface area contributed by atoms with E-state index in [4.69, 9.17) is 0 Å². The van der Waals surface area contributed by atoms with E-state index in [2.05, 4.69) is 26.4 Å². The zero-order chi connectivity index (χ0) is 15.8. The highest BCUT2D eigenvalue weighted by Gasteiger charge is 2.24. The lowest BCUT2D eigenvalue weighted by atomic mass is 10.1. The van der Waals surface area contributed by atoms with Crippen LogP contribution in [0, 0.1) is 5.82 Å². The third-order valence-electron chi connectivity index (χ3n) is 4.57. The fraction of sp³-hybridized carbons (Fsp3) is 0.438. The number of benzene rings is 1. The molecule has 1 saturated heterocycles. The third-order valence-corrected chi connectivity index (χ3v) is 4.57. The van der Waals surface area contributed by atoms with Crippen LogP contribution in [0.1, 0.15) is 24.6 Å². The van der Waals surface area contributed by atoms with Crippen molar-refractivity contribution in [3.05, 3.63) is 42.0 Å². The van der Waals surface area contributed by atoms with Gasteiger partial charge in [-0.05, 0) is 37.6 Å². The van der Waals surface area contributed by atoms with Gasteiger partial charge < -0.3 is 0 Å². The Hall–Kier alpha value is -2.28. The van der Waals surface area contributed by atoms with E-state index in [1.165, 1.54) is 17.8 Å². The standard InChI is InChI=1S/C16H19FN6/c1-21-13(6-7-18-21)10-22-8-2-3-14(11-22)23-16-5-4-12(17)9-15(16)19-20-23/h4-7,9,14H,2-3,8,10-11H2,1H3. The lowest BCUT2D eigenvalue weighted by Crippen LogP contribution is -2.36. The lowest BCUT2D eigenvalue weighted by Gasteiger charge is -2.32. The van der Waals surface area contributed by atoms with Crippen molar-refractivity contribution < 1.29 is 4.39 Å². The number of piperidine rings is 1. The van der Waals surface area contributed by atoms with Crippen molar-refractivity contribution in [3.63, 3.8) is 0 Å². The summed E-state index contributed by atoms with van der Waals surface area (Å²) in [5.74, 6) is -0.272. The molecule has 1 unspecified atom stereocenters. The number of likely N-dealkylation sites (tertiary alicyclic amines) is 1. The second-order valence-corrected chi connectivity index (χ2v) is 6.14. The number of aryl methyl sites for hydroxylation is 1. The molecule has 23 heavy (non-hydrogen) atoms. The molecule has 0 aliphatic carbocycles. The van der Waals surface area contributed by atoms with Crippen molar-refractivity contribution in [1.29, 1.82) is 0 Å². The zero-order valence-electron chi connectivity index (χ0n) is 13.1. The molecule has 1 aliphatic rings. The number of hydrogen-bond acceptors (Lipinski definition) is 4. The summed E-state index contributed by atoms with van der Waals surface area (Å²) in [5, 5.41) is 12.6. The average Bonchev–Trinajstić information content (AvgIpc) is 3.14. The van der Waals surface area contributed by atoms with Gasteiger partial charge >= 0.3 is 0 Å². The summed E-state index contributed by atoms with van der Waals surface area (Å²) in [5.41, 5.74) is 2.73. The number of aromatic nitrogens is 5. The molecule has 2 aromatic heterocycles. The Kier molecular flexibility index (Phi) is 3.57. The van der Waals surface area contributed by atoms with Crippen molar-refractivity contribution in [2.24, 2.45) is 7.05 Å². The molecule has 1 fully saturated rings. The fourth-order valence-electron chi connectivity index (χ4n) is 3.34. The van der Waals surface area contributed by atoms with Gasteiger partial charge in [-0.2, -0.15) is 5.10 Å². The van der Waals surface area contributed by atoms with Crippen molar-refractivity contribution >= 4 is 11.0 Å². The molecule has 0 N–H and O–H groups in total. The van der Waals surface area contributed by atoms with Gasteiger partial charge in [0, 0.05) is 32.4 Å². The van der Waals surface area contributed by atoms with E-state index in [0.717, 1.165) is 38.0 Å². The van der Waals surface area contributed by atoms with Crippen molar-refractivity contribution in [3.8, 4) is 0 Å². The van der Waals surface area contributed by atoms with Crippen LogP contribution in [-0.2, 0) is 13.6 Å². The predicted octanol–water partition coefficient (Wildman–Crippen LogP) is 2.14. The monoisotopic (exact) mass is 314 g/mol. The van der Waals surface area contributed by atoms with Crippen LogP contribution in [0.5, 0.6) is 0 Å². The molecule has 1 aliphatic heterocycles. The Morgan fingerprint density at radius 2 is 2.22 bits per heavy atom. The van der Waals surface area contributed by atoms with Crippen LogP contribution in [0.2, 0.25) is 0 Å². The van der Waals surface area contributed by atoms with Crippen LogP contribution >= 0.6 is 0 Å². The summed E-state index contributed by atoms with van der Waals surface area (Å²) in [7, 11) is 1.97. The first kappa shape index (κ1) is 14.3. The maximum Gasteiger partial charge on any atom is 0.125 e. The Balaban J connectivity index is 1.55. The smallest absolute Gasteiger partial charge is 0.125 e. The highest BCUT2D eigenvalue weighted by molar-refractivity contribution is 5.74. The van der Waals surface area contributed by atoms with Crippen LogP contribution in [0.3, 0.4) is 0 Å². The van der Waals surface area contributed by atoms with Gasteiger partial charge in [0.25, 0.3) is 0 Å². The van der Waals surface area contributed by atoms with E-state index in [0.29, 0.717) is 5.52 Å². The van der Waals surface area contributed by atoms with E-state index < -0.39 is 0 Å². The number of rotatable bonds is 3. The largest absolute Gasteiger partial charge is 0.295 e. The van der Waals surface area contributed by atoms with E-state index in [1.807, 2.05) is 22.6 Å². The van der Waals surface area contributed by atoms with Gasteiger partial charge in [0.2, 0.25) is 0 Å². The summed E-state index contributed by atoms with van der Waals surface area (Å²) in [6.45, 7) is 2.87. The lowest BCUT2D eigenvalue weighted by molar-refractivity contribution is 0.161. The van der Waals surface area contributed by atoms with Gasteiger partial charge in [-0.15, -0.1) is 5.10 Å². The maximum atomic E-state index is 13.3. The first-order chi connectivity index (χ1) is 11.2. The van der Waals surface area contributed by atoms with E-state index in [-0.39, 0.29) is 11.9 Å². The molecule has 0 bridgehead atoms. The van der Waals surface area contributed by atoms with E-state index >= 15 is 0 Å². The van der Waals surface area contributed by atoms with Crippen molar-refractivity contribution in [2.75, 3.05) is 13.1 Å². The van der Waals surface area contributed by atoms with Gasteiger partial charge in [-0.1, -0.05) is 5.21 Å². The van der Waals surface area contributed by atoms with Crippen molar-refractivity contribution in [1.82, 2.24) is 29.7 Å². The van der Waals surface area contributed by atoms with Gasteiger partial charge in [0.15, 0.2) is 0 Å². The molecule has 120 valence electrons. The average molecular weight is 314 g/mol. The van der Waals surface area contributed by atoms with Crippen LogP contribution in [-0.4, -0.2) is 42.8 Å². The number of hydrogen-bond donors (Lipinski definition) is 0. The molecular formula is C16H19FN6. The SMILES string of the molecule is Cn1nccc1CN1CCCC(n2nnc3cc(F)ccc32)C1. The van der Waals surface area contributed by atoms with Crippen LogP contribution in [0.25, 0.3) is 11.0 Å². The number of halogens is 1. The van der Waals surface area contributed by atoms with Crippen LogP contribution in [0.15, 0.2) is 30.5 Å². The third kappa shape index (κ3) is 2.72.